The lowest BCUT2D eigenvalue weighted by Gasteiger charge is -2.32. The SMILES string of the molecule is COC(=O)CC1CCN(C)c2ccc(F)cc21. The summed E-state index contributed by atoms with van der Waals surface area (Å²) in [4.78, 5) is 13.4. The van der Waals surface area contributed by atoms with Crippen molar-refractivity contribution in [2.24, 2.45) is 0 Å². The molecule has 1 unspecified atom stereocenters. The van der Waals surface area contributed by atoms with Gasteiger partial charge in [-0.15, -0.1) is 0 Å². The molecule has 0 saturated heterocycles. The first kappa shape index (κ1) is 11.9. The van der Waals surface area contributed by atoms with Crippen LogP contribution in [-0.2, 0) is 9.53 Å². The number of halogens is 1. The lowest BCUT2D eigenvalue weighted by atomic mass is 9.87. The van der Waals surface area contributed by atoms with E-state index >= 15 is 0 Å². The highest BCUT2D eigenvalue weighted by Gasteiger charge is 2.25. The number of methoxy groups -OCH3 is 1. The van der Waals surface area contributed by atoms with Crippen molar-refractivity contribution < 1.29 is 13.9 Å². The van der Waals surface area contributed by atoms with E-state index in [9.17, 15) is 9.18 Å². The summed E-state index contributed by atoms with van der Waals surface area (Å²) in [6.45, 7) is 0.875. The van der Waals surface area contributed by atoms with E-state index in [0.29, 0.717) is 6.42 Å². The predicted molar refractivity (Wildman–Crippen MR) is 63.7 cm³/mol. The van der Waals surface area contributed by atoms with Crippen LogP contribution in [-0.4, -0.2) is 26.7 Å². The number of carbonyl (C=O) groups is 1. The summed E-state index contributed by atoms with van der Waals surface area (Å²) in [5, 5.41) is 0. The van der Waals surface area contributed by atoms with E-state index in [4.69, 9.17) is 0 Å². The molecule has 1 aliphatic heterocycles. The summed E-state index contributed by atoms with van der Waals surface area (Å²) < 4.78 is 18.0. The van der Waals surface area contributed by atoms with Crippen molar-refractivity contribution in [1.29, 1.82) is 0 Å². The van der Waals surface area contributed by atoms with Crippen LogP contribution in [0, 0.1) is 5.82 Å². The van der Waals surface area contributed by atoms with E-state index < -0.39 is 0 Å². The average molecular weight is 237 g/mol. The molecule has 1 atom stereocenters. The third kappa shape index (κ3) is 2.40. The fraction of sp³-hybridized carbons (Fsp3) is 0.462. The highest BCUT2D eigenvalue weighted by molar-refractivity contribution is 5.71. The average Bonchev–Trinajstić information content (AvgIpc) is 2.32. The van der Waals surface area contributed by atoms with Gasteiger partial charge >= 0.3 is 5.97 Å². The molecule has 0 N–H and O–H groups in total. The van der Waals surface area contributed by atoms with Crippen molar-refractivity contribution in [1.82, 2.24) is 0 Å². The zero-order chi connectivity index (χ0) is 12.4. The van der Waals surface area contributed by atoms with Crippen LogP contribution in [0.5, 0.6) is 0 Å². The molecule has 4 heteroatoms. The van der Waals surface area contributed by atoms with Crippen LogP contribution >= 0.6 is 0 Å². The Kier molecular flexibility index (Phi) is 3.31. The van der Waals surface area contributed by atoms with Crippen molar-refractivity contribution in [3.63, 3.8) is 0 Å². The number of hydrogen-bond acceptors (Lipinski definition) is 3. The highest BCUT2D eigenvalue weighted by atomic mass is 19.1. The van der Waals surface area contributed by atoms with Crippen LogP contribution in [0.2, 0.25) is 0 Å². The van der Waals surface area contributed by atoms with Crippen molar-refractivity contribution >= 4 is 11.7 Å². The lowest BCUT2D eigenvalue weighted by Crippen LogP contribution is -2.28. The number of nitrogens with zero attached hydrogens (tertiary/aromatic N) is 1. The van der Waals surface area contributed by atoms with E-state index in [0.717, 1.165) is 24.2 Å². The van der Waals surface area contributed by atoms with Gasteiger partial charge in [0.1, 0.15) is 5.82 Å². The molecule has 0 bridgehead atoms. The fourth-order valence-electron chi connectivity index (χ4n) is 2.32. The second-order valence-corrected chi connectivity index (χ2v) is 4.39. The van der Waals surface area contributed by atoms with E-state index in [-0.39, 0.29) is 17.7 Å². The van der Waals surface area contributed by atoms with Gasteiger partial charge in [-0.25, -0.2) is 4.39 Å². The third-order valence-corrected chi connectivity index (χ3v) is 3.29. The number of fused-ring (bicyclic) bond motifs is 1. The molecule has 1 aliphatic rings. The van der Waals surface area contributed by atoms with E-state index in [1.54, 1.807) is 6.07 Å². The van der Waals surface area contributed by atoms with Gasteiger partial charge in [0, 0.05) is 19.3 Å². The second kappa shape index (κ2) is 4.73. The number of anilines is 1. The van der Waals surface area contributed by atoms with Crippen molar-refractivity contribution in [2.75, 3.05) is 25.6 Å². The summed E-state index contributed by atoms with van der Waals surface area (Å²) in [7, 11) is 3.36. The molecular formula is C13H16FNO2. The van der Waals surface area contributed by atoms with Gasteiger partial charge in [-0.1, -0.05) is 0 Å². The summed E-state index contributed by atoms with van der Waals surface area (Å²) in [5.41, 5.74) is 1.91. The summed E-state index contributed by atoms with van der Waals surface area (Å²) in [6.07, 6.45) is 1.17. The Balaban J connectivity index is 2.30. The number of ether oxygens (including phenoxy) is 1. The Bertz CT molecular complexity index is 433. The van der Waals surface area contributed by atoms with Crippen molar-refractivity contribution in [3.8, 4) is 0 Å². The molecule has 0 fully saturated rings. The molecule has 1 heterocycles. The van der Waals surface area contributed by atoms with Gasteiger partial charge in [-0.2, -0.15) is 0 Å². The molecule has 0 saturated carbocycles. The molecule has 0 aromatic heterocycles. The second-order valence-electron chi connectivity index (χ2n) is 4.39. The van der Waals surface area contributed by atoms with Crippen LogP contribution in [0.25, 0.3) is 0 Å². The monoisotopic (exact) mass is 237 g/mol. The standard InChI is InChI=1S/C13H16FNO2/c1-15-6-5-9(7-13(16)17-2)11-8-10(14)3-4-12(11)15/h3-4,8-9H,5-7H2,1-2H3. The van der Waals surface area contributed by atoms with Gasteiger partial charge in [0.15, 0.2) is 0 Å². The Morgan fingerprint density at radius 3 is 3.06 bits per heavy atom. The maximum atomic E-state index is 13.3. The number of hydrogen-bond donors (Lipinski definition) is 0. The minimum Gasteiger partial charge on any atom is -0.469 e. The molecule has 1 aromatic carbocycles. The van der Waals surface area contributed by atoms with Gasteiger partial charge in [-0.05, 0) is 36.1 Å². The van der Waals surface area contributed by atoms with Crippen LogP contribution in [0.15, 0.2) is 18.2 Å². The molecule has 0 radical (unpaired) electrons. The fourth-order valence-corrected chi connectivity index (χ4v) is 2.32. The topological polar surface area (TPSA) is 29.5 Å². The first-order chi connectivity index (χ1) is 8.11. The summed E-state index contributed by atoms with van der Waals surface area (Å²) in [5.74, 6) is -0.437. The van der Waals surface area contributed by atoms with Gasteiger partial charge < -0.3 is 9.64 Å². The molecule has 0 spiro atoms. The first-order valence-electron chi connectivity index (χ1n) is 5.69. The van der Waals surface area contributed by atoms with E-state index in [1.807, 2.05) is 7.05 Å². The van der Waals surface area contributed by atoms with Gasteiger partial charge in [0.05, 0.1) is 13.5 Å². The number of benzene rings is 1. The summed E-state index contributed by atoms with van der Waals surface area (Å²) in [6, 6.07) is 4.75. The summed E-state index contributed by atoms with van der Waals surface area (Å²) >= 11 is 0. The molecule has 0 aliphatic carbocycles. The maximum Gasteiger partial charge on any atom is 0.306 e. The molecule has 0 amide bonds. The maximum absolute atomic E-state index is 13.3. The number of carbonyl (C=O) groups excluding carboxylic acids is 1. The predicted octanol–water partition coefficient (Wildman–Crippen LogP) is 2.31. The zero-order valence-electron chi connectivity index (χ0n) is 10.1. The zero-order valence-corrected chi connectivity index (χ0v) is 10.1. The minimum atomic E-state index is -0.256. The Morgan fingerprint density at radius 1 is 1.59 bits per heavy atom. The smallest absolute Gasteiger partial charge is 0.306 e. The number of esters is 1. The minimum absolute atomic E-state index is 0.0596. The molecule has 3 nitrogen and oxygen atoms in total. The van der Waals surface area contributed by atoms with Crippen LogP contribution in [0.1, 0.15) is 24.3 Å². The molecule has 2 rings (SSSR count). The van der Waals surface area contributed by atoms with Gasteiger partial charge in [-0.3, -0.25) is 4.79 Å². The lowest BCUT2D eigenvalue weighted by molar-refractivity contribution is -0.141. The van der Waals surface area contributed by atoms with Crippen LogP contribution in [0.3, 0.4) is 0 Å². The van der Waals surface area contributed by atoms with Crippen LogP contribution < -0.4 is 4.90 Å². The molecule has 17 heavy (non-hydrogen) atoms. The van der Waals surface area contributed by atoms with Gasteiger partial charge in [0.25, 0.3) is 0 Å². The van der Waals surface area contributed by atoms with Gasteiger partial charge in [0.2, 0.25) is 0 Å². The third-order valence-electron chi connectivity index (χ3n) is 3.29. The normalized spacial score (nSPS) is 18.8. The molecule has 92 valence electrons. The largest absolute Gasteiger partial charge is 0.469 e. The highest BCUT2D eigenvalue weighted by Crippen LogP contribution is 2.36. The first-order valence-corrected chi connectivity index (χ1v) is 5.69. The van der Waals surface area contributed by atoms with Crippen molar-refractivity contribution in [3.05, 3.63) is 29.6 Å². The van der Waals surface area contributed by atoms with E-state index in [2.05, 4.69) is 9.64 Å². The molecule has 1 aromatic rings. The Labute approximate surface area is 100 Å². The Hall–Kier alpha value is -1.58. The van der Waals surface area contributed by atoms with E-state index in [1.165, 1.54) is 19.2 Å². The quantitative estimate of drug-likeness (QED) is 0.739. The molecular weight excluding hydrogens is 221 g/mol. The number of rotatable bonds is 2. The van der Waals surface area contributed by atoms with Crippen LogP contribution in [0.4, 0.5) is 10.1 Å². The van der Waals surface area contributed by atoms with Crippen molar-refractivity contribution in [2.45, 2.75) is 18.8 Å². The Morgan fingerprint density at radius 2 is 2.35 bits per heavy atom.